The fourth-order valence-corrected chi connectivity index (χ4v) is 2.34. The lowest BCUT2D eigenvalue weighted by Gasteiger charge is -2.02. The Kier molecular flexibility index (Phi) is 3.98. The largest absolute Gasteiger partial charge is 0.250 e. The van der Waals surface area contributed by atoms with Crippen LogP contribution in [0.2, 0.25) is 0 Å². The zero-order chi connectivity index (χ0) is 15.5. The Morgan fingerprint density at radius 3 is 2.59 bits per heavy atom. The molecular formula is C17H16N4S. The van der Waals surface area contributed by atoms with Crippen LogP contribution in [-0.2, 0) is 0 Å². The first kappa shape index (κ1) is 14.4. The summed E-state index contributed by atoms with van der Waals surface area (Å²) in [5.74, 6) is 0.703. The van der Waals surface area contributed by atoms with Crippen molar-refractivity contribution in [3.8, 4) is 11.4 Å². The monoisotopic (exact) mass is 308 g/mol. The summed E-state index contributed by atoms with van der Waals surface area (Å²) >= 11 is 5.27. The molecule has 110 valence electrons. The molecule has 1 aromatic heterocycles. The van der Waals surface area contributed by atoms with Crippen molar-refractivity contribution in [2.75, 3.05) is 0 Å². The Morgan fingerprint density at radius 2 is 1.86 bits per heavy atom. The van der Waals surface area contributed by atoms with Crippen molar-refractivity contribution in [3.05, 3.63) is 70.0 Å². The summed E-state index contributed by atoms with van der Waals surface area (Å²) in [4.78, 5) is 0. The first-order valence-electron chi connectivity index (χ1n) is 6.99. The van der Waals surface area contributed by atoms with Gasteiger partial charge in [0, 0.05) is 5.56 Å². The minimum atomic E-state index is 0.472. The third-order valence-corrected chi connectivity index (χ3v) is 3.59. The predicted molar refractivity (Wildman–Crippen MR) is 91.8 cm³/mol. The number of H-pyrrole nitrogens is 1. The summed E-state index contributed by atoms with van der Waals surface area (Å²) in [5.41, 5.74) is 4.39. The van der Waals surface area contributed by atoms with Crippen LogP contribution in [0.25, 0.3) is 11.4 Å². The van der Waals surface area contributed by atoms with Crippen LogP contribution < -0.4 is 0 Å². The highest BCUT2D eigenvalue weighted by atomic mass is 32.1. The normalized spacial score (nSPS) is 11.2. The van der Waals surface area contributed by atoms with Crippen molar-refractivity contribution in [2.45, 2.75) is 13.8 Å². The average molecular weight is 308 g/mol. The van der Waals surface area contributed by atoms with Crippen LogP contribution in [-0.4, -0.2) is 21.1 Å². The van der Waals surface area contributed by atoms with Crippen LogP contribution in [0.5, 0.6) is 0 Å². The molecule has 0 radical (unpaired) electrons. The lowest BCUT2D eigenvalue weighted by atomic mass is 10.1. The number of rotatable bonds is 3. The molecule has 1 N–H and O–H groups in total. The summed E-state index contributed by atoms with van der Waals surface area (Å²) in [6.07, 6.45) is 1.79. The number of aryl methyl sites for hydroxylation is 2. The molecule has 2 aromatic carbocycles. The summed E-state index contributed by atoms with van der Waals surface area (Å²) in [6.45, 7) is 4.11. The molecule has 0 aliphatic heterocycles. The van der Waals surface area contributed by atoms with E-state index in [0.717, 1.165) is 11.1 Å². The van der Waals surface area contributed by atoms with Gasteiger partial charge in [0.2, 0.25) is 4.77 Å². The minimum absolute atomic E-state index is 0.472. The molecule has 0 aliphatic rings. The lowest BCUT2D eigenvalue weighted by Crippen LogP contribution is -1.95. The molecule has 22 heavy (non-hydrogen) atoms. The van der Waals surface area contributed by atoms with E-state index in [-0.39, 0.29) is 0 Å². The molecule has 0 saturated carbocycles. The van der Waals surface area contributed by atoms with Crippen molar-refractivity contribution in [1.82, 2.24) is 14.9 Å². The third-order valence-electron chi connectivity index (χ3n) is 3.32. The van der Waals surface area contributed by atoms with Gasteiger partial charge >= 0.3 is 0 Å². The second kappa shape index (κ2) is 6.07. The maximum absolute atomic E-state index is 5.27. The molecule has 0 amide bonds. The van der Waals surface area contributed by atoms with Gasteiger partial charge in [0.1, 0.15) is 0 Å². The Bertz CT molecular complexity index is 872. The number of hydrogen-bond acceptors (Lipinski definition) is 3. The molecule has 0 unspecified atom stereocenters. The maximum atomic E-state index is 5.27. The highest BCUT2D eigenvalue weighted by Gasteiger charge is 2.07. The van der Waals surface area contributed by atoms with Gasteiger partial charge in [-0.05, 0) is 31.6 Å². The molecule has 0 aliphatic carbocycles. The average Bonchev–Trinajstić information content (AvgIpc) is 2.87. The van der Waals surface area contributed by atoms with Gasteiger partial charge in [-0.15, -0.1) is 0 Å². The van der Waals surface area contributed by atoms with E-state index in [2.05, 4.69) is 41.3 Å². The number of nitrogens with zero attached hydrogens (tertiary/aromatic N) is 3. The Hall–Kier alpha value is -2.53. The zero-order valence-electron chi connectivity index (χ0n) is 12.4. The smallest absolute Gasteiger partial charge is 0.216 e. The topological polar surface area (TPSA) is 46.0 Å². The molecule has 0 spiro atoms. The molecule has 1 heterocycles. The van der Waals surface area contributed by atoms with E-state index in [1.54, 1.807) is 10.9 Å². The van der Waals surface area contributed by atoms with E-state index in [0.29, 0.717) is 10.6 Å². The quantitative estimate of drug-likeness (QED) is 0.584. The van der Waals surface area contributed by atoms with Crippen LogP contribution >= 0.6 is 12.2 Å². The highest BCUT2D eigenvalue weighted by molar-refractivity contribution is 7.71. The molecular weight excluding hydrogens is 292 g/mol. The van der Waals surface area contributed by atoms with Gasteiger partial charge in [-0.1, -0.05) is 59.7 Å². The second-order valence-corrected chi connectivity index (χ2v) is 5.58. The van der Waals surface area contributed by atoms with E-state index < -0.39 is 0 Å². The van der Waals surface area contributed by atoms with Gasteiger partial charge in [-0.25, -0.2) is 5.10 Å². The van der Waals surface area contributed by atoms with Crippen molar-refractivity contribution in [1.29, 1.82) is 0 Å². The minimum Gasteiger partial charge on any atom is -0.250 e. The Morgan fingerprint density at radius 1 is 1.09 bits per heavy atom. The van der Waals surface area contributed by atoms with Gasteiger partial charge in [-0.2, -0.15) is 14.9 Å². The summed E-state index contributed by atoms with van der Waals surface area (Å²) in [7, 11) is 0. The number of nitrogens with one attached hydrogen (secondary N) is 1. The molecule has 0 fully saturated rings. The summed E-state index contributed by atoms with van der Waals surface area (Å²) in [6, 6.07) is 16.2. The number of benzene rings is 2. The first-order chi connectivity index (χ1) is 10.6. The lowest BCUT2D eigenvalue weighted by molar-refractivity contribution is 0.871. The van der Waals surface area contributed by atoms with Crippen LogP contribution in [0.3, 0.4) is 0 Å². The first-order valence-corrected chi connectivity index (χ1v) is 7.40. The number of aromatic amines is 1. The van der Waals surface area contributed by atoms with E-state index >= 15 is 0 Å². The fourth-order valence-electron chi connectivity index (χ4n) is 2.16. The van der Waals surface area contributed by atoms with Gasteiger partial charge in [0.05, 0.1) is 6.21 Å². The summed E-state index contributed by atoms with van der Waals surface area (Å²) < 4.78 is 2.11. The van der Waals surface area contributed by atoms with E-state index in [9.17, 15) is 0 Å². The van der Waals surface area contributed by atoms with Gasteiger partial charge in [0.25, 0.3) is 0 Å². The maximum Gasteiger partial charge on any atom is 0.216 e. The molecule has 3 rings (SSSR count). The zero-order valence-corrected chi connectivity index (χ0v) is 13.3. The standard InChI is InChI=1S/C17H16N4S/c1-12-6-8-15(9-7-12)16-19-20-17(22)21(16)18-11-14-5-3-4-13(2)10-14/h3-11H,1-2H3,(H,20,22). The molecule has 4 nitrogen and oxygen atoms in total. The van der Waals surface area contributed by atoms with Crippen molar-refractivity contribution < 1.29 is 0 Å². The Balaban J connectivity index is 1.99. The number of aromatic nitrogens is 3. The molecule has 0 saturated heterocycles. The summed E-state index contributed by atoms with van der Waals surface area (Å²) in [5, 5.41) is 11.5. The van der Waals surface area contributed by atoms with Crippen LogP contribution in [0.1, 0.15) is 16.7 Å². The van der Waals surface area contributed by atoms with Crippen LogP contribution in [0.15, 0.2) is 53.6 Å². The van der Waals surface area contributed by atoms with E-state index in [4.69, 9.17) is 12.2 Å². The molecule has 0 atom stereocenters. The predicted octanol–water partition coefficient (Wildman–Crippen LogP) is 4.11. The molecule has 5 heteroatoms. The fraction of sp³-hybridized carbons (Fsp3) is 0.118. The Labute approximate surface area is 134 Å². The van der Waals surface area contributed by atoms with Crippen LogP contribution in [0, 0.1) is 18.6 Å². The van der Waals surface area contributed by atoms with Crippen LogP contribution in [0.4, 0.5) is 0 Å². The highest BCUT2D eigenvalue weighted by Crippen LogP contribution is 2.17. The molecule has 3 aromatic rings. The van der Waals surface area contributed by atoms with E-state index in [1.165, 1.54) is 11.1 Å². The number of hydrogen-bond donors (Lipinski definition) is 1. The van der Waals surface area contributed by atoms with Crippen molar-refractivity contribution in [2.24, 2.45) is 5.10 Å². The molecule has 0 bridgehead atoms. The third kappa shape index (κ3) is 3.04. The van der Waals surface area contributed by atoms with Crippen molar-refractivity contribution in [3.63, 3.8) is 0 Å². The van der Waals surface area contributed by atoms with E-state index in [1.807, 2.05) is 36.4 Å². The SMILES string of the molecule is Cc1ccc(-c2n[nH]c(=S)n2N=Cc2cccc(C)c2)cc1. The van der Waals surface area contributed by atoms with Crippen molar-refractivity contribution >= 4 is 18.4 Å². The second-order valence-electron chi connectivity index (χ2n) is 5.19. The van der Waals surface area contributed by atoms with Gasteiger partial charge in [0.15, 0.2) is 5.82 Å². The van der Waals surface area contributed by atoms with Gasteiger partial charge in [-0.3, -0.25) is 0 Å². The van der Waals surface area contributed by atoms with Gasteiger partial charge < -0.3 is 0 Å².